The molecule has 0 spiro atoms. The van der Waals surface area contributed by atoms with Crippen molar-refractivity contribution in [3.05, 3.63) is 51.2 Å². The largest absolute Gasteiger partial charge is 0.451 e. The van der Waals surface area contributed by atoms with Gasteiger partial charge in [0.1, 0.15) is 4.88 Å². The number of hydrogen-bond acceptors (Lipinski definition) is 4. The summed E-state index contributed by atoms with van der Waals surface area (Å²) < 4.78 is 5.51. The van der Waals surface area contributed by atoms with E-state index < -0.39 is 5.97 Å². The molecule has 1 atom stereocenters. The van der Waals surface area contributed by atoms with Crippen molar-refractivity contribution < 1.29 is 14.3 Å². The van der Waals surface area contributed by atoms with Gasteiger partial charge in [0.25, 0.3) is 5.91 Å². The van der Waals surface area contributed by atoms with Gasteiger partial charge in [-0.3, -0.25) is 4.79 Å². The van der Waals surface area contributed by atoms with Crippen LogP contribution < -0.4 is 5.32 Å². The maximum Gasteiger partial charge on any atom is 0.348 e. The first-order chi connectivity index (χ1) is 11.0. The van der Waals surface area contributed by atoms with E-state index in [2.05, 4.69) is 19.2 Å². The van der Waals surface area contributed by atoms with Crippen molar-refractivity contribution in [1.82, 2.24) is 0 Å². The minimum Gasteiger partial charge on any atom is -0.451 e. The fourth-order valence-corrected chi connectivity index (χ4v) is 3.01. The van der Waals surface area contributed by atoms with E-state index >= 15 is 0 Å². The van der Waals surface area contributed by atoms with E-state index in [0.717, 1.165) is 29.0 Å². The zero-order valence-electron chi connectivity index (χ0n) is 13.0. The van der Waals surface area contributed by atoms with Crippen LogP contribution in [0.4, 0.5) is 5.69 Å². The first kappa shape index (κ1) is 17.5. The molecule has 2 aromatic rings. The number of esters is 1. The Kier molecular flexibility index (Phi) is 6.19. The molecule has 0 aliphatic heterocycles. The molecule has 4 nitrogen and oxygen atoms in total. The maximum atomic E-state index is 12.0. The third-order valence-electron chi connectivity index (χ3n) is 3.49. The van der Waals surface area contributed by atoms with Gasteiger partial charge in [0, 0.05) is 5.69 Å². The number of halogens is 1. The third kappa shape index (κ3) is 4.81. The van der Waals surface area contributed by atoms with Crippen LogP contribution in [-0.2, 0) is 9.53 Å². The SMILES string of the molecule is CC[C@@H](C)c1ccccc1NC(=O)COC(=O)c1ccc(Cl)s1. The number of para-hydroxylation sites is 1. The summed E-state index contributed by atoms with van der Waals surface area (Å²) in [7, 11) is 0. The average Bonchev–Trinajstić information content (AvgIpc) is 2.99. The van der Waals surface area contributed by atoms with Crippen LogP contribution in [0.25, 0.3) is 0 Å². The number of anilines is 1. The van der Waals surface area contributed by atoms with Gasteiger partial charge in [-0.15, -0.1) is 11.3 Å². The number of carbonyl (C=O) groups excluding carboxylic acids is 2. The Hall–Kier alpha value is -1.85. The molecule has 0 saturated carbocycles. The second-order valence-corrected chi connectivity index (χ2v) is 6.84. The first-order valence-electron chi connectivity index (χ1n) is 7.32. The highest BCUT2D eigenvalue weighted by atomic mass is 35.5. The van der Waals surface area contributed by atoms with Gasteiger partial charge in [0.05, 0.1) is 4.34 Å². The van der Waals surface area contributed by atoms with Crippen molar-refractivity contribution in [3.8, 4) is 0 Å². The molecule has 0 bridgehead atoms. The van der Waals surface area contributed by atoms with Crippen LogP contribution in [-0.4, -0.2) is 18.5 Å². The van der Waals surface area contributed by atoms with Crippen molar-refractivity contribution in [2.45, 2.75) is 26.2 Å². The highest BCUT2D eigenvalue weighted by Crippen LogP contribution is 2.26. The second kappa shape index (κ2) is 8.13. The van der Waals surface area contributed by atoms with Crippen LogP contribution in [0.15, 0.2) is 36.4 Å². The minimum atomic E-state index is -0.549. The molecule has 0 aliphatic rings. The lowest BCUT2D eigenvalue weighted by Gasteiger charge is -2.15. The molecule has 2 rings (SSSR count). The number of benzene rings is 1. The Balaban J connectivity index is 1.94. The normalized spacial score (nSPS) is 11.8. The number of amides is 1. The van der Waals surface area contributed by atoms with Crippen molar-refractivity contribution in [2.24, 2.45) is 0 Å². The molecule has 1 aromatic carbocycles. The summed E-state index contributed by atoms with van der Waals surface area (Å²) >= 11 is 6.89. The summed E-state index contributed by atoms with van der Waals surface area (Å²) in [6.45, 7) is 3.87. The monoisotopic (exact) mass is 351 g/mol. The summed E-state index contributed by atoms with van der Waals surface area (Å²) in [5.41, 5.74) is 1.82. The number of nitrogens with one attached hydrogen (secondary N) is 1. The van der Waals surface area contributed by atoms with E-state index in [1.54, 1.807) is 12.1 Å². The topological polar surface area (TPSA) is 55.4 Å². The quantitative estimate of drug-likeness (QED) is 0.767. The van der Waals surface area contributed by atoms with Crippen LogP contribution in [0.5, 0.6) is 0 Å². The summed E-state index contributed by atoms with van der Waals surface area (Å²) in [4.78, 5) is 24.2. The van der Waals surface area contributed by atoms with Gasteiger partial charge in [-0.25, -0.2) is 4.79 Å². The predicted molar refractivity (Wildman–Crippen MR) is 93.4 cm³/mol. The second-order valence-electron chi connectivity index (χ2n) is 5.12. The Labute approximate surface area is 144 Å². The van der Waals surface area contributed by atoms with E-state index in [1.165, 1.54) is 0 Å². The highest BCUT2D eigenvalue weighted by Gasteiger charge is 2.14. The van der Waals surface area contributed by atoms with Crippen molar-refractivity contribution >= 4 is 40.5 Å². The predicted octanol–water partition coefficient (Wildman–Crippen LogP) is 4.71. The molecule has 0 fully saturated rings. The van der Waals surface area contributed by atoms with Gasteiger partial charge in [0.2, 0.25) is 0 Å². The number of ether oxygens (including phenoxy) is 1. The molecule has 0 unspecified atom stereocenters. The lowest BCUT2D eigenvalue weighted by atomic mass is 9.97. The van der Waals surface area contributed by atoms with Crippen molar-refractivity contribution in [1.29, 1.82) is 0 Å². The van der Waals surface area contributed by atoms with Gasteiger partial charge in [0.15, 0.2) is 6.61 Å². The zero-order chi connectivity index (χ0) is 16.8. The third-order valence-corrected chi connectivity index (χ3v) is 4.70. The lowest BCUT2D eigenvalue weighted by Crippen LogP contribution is -2.21. The van der Waals surface area contributed by atoms with Gasteiger partial charge in [-0.1, -0.05) is 43.6 Å². The molecule has 1 heterocycles. The van der Waals surface area contributed by atoms with Crippen LogP contribution in [0.2, 0.25) is 4.34 Å². The molecule has 0 saturated heterocycles. The molecule has 0 radical (unpaired) electrons. The van der Waals surface area contributed by atoms with E-state index in [0.29, 0.717) is 15.1 Å². The molecule has 23 heavy (non-hydrogen) atoms. The van der Waals surface area contributed by atoms with Gasteiger partial charge < -0.3 is 10.1 Å². The summed E-state index contributed by atoms with van der Waals surface area (Å²) in [6.07, 6.45) is 0.973. The van der Waals surface area contributed by atoms with E-state index in [4.69, 9.17) is 16.3 Å². The smallest absolute Gasteiger partial charge is 0.348 e. The summed E-state index contributed by atoms with van der Waals surface area (Å²) in [5.74, 6) is -0.577. The Morgan fingerprint density at radius 3 is 2.65 bits per heavy atom. The van der Waals surface area contributed by atoms with Crippen molar-refractivity contribution in [3.63, 3.8) is 0 Å². The average molecular weight is 352 g/mol. The van der Waals surface area contributed by atoms with Gasteiger partial charge in [-0.05, 0) is 36.1 Å². The minimum absolute atomic E-state index is 0.330. The van der Waals surface area contributed by atoms with Crippen molar-refractivity contribution in [2.75, 3.05) is 11.9 Å². The zero-order valence-corrected chi connectivity index (χ0v) is 14.5. The molecular formula is C17H18ClNO3S. The Morgan fingerprint density at radius 2 is 2.00 bits per heavy atom. The van der Waals surface area contributed by atoms with Crippen LogP contribution >= 0.6 is 22.9 Å². The van der Waals surface area contributed by atoms with E-state index in [9.17, 15) is 9.59 Å². The molecule has 1 amide bonds. The first-order valence-corrected chi connectivity index (χ1v) is 8.52. The fourth-order valence-electron chi connectivity index (χ4n) is 2.07. The van der Waals surface area contributed by atoms with Gasteiger partial charge >= 0.3 is 5.97 Å². The molecular weight excluding hydrogens is 334 g/mol. The Bertz CT molecular complexity index is 699. The molecule has 0 aliphatic carbocycles. The summed E-state index contributed by atoms with van der Waals surface area (Å²) in [6, 6.07) is 10.8. The standard InChI is InChI=1S/C17H18ClNO3S/c1-3-11(2)12-6-4-5-7-13(12)19-16(20)10-22-17(21)14-8-9-15(18)23-14/h4-9,11H,3,10H2,1-2H3,(H,19,20)/t11-/m1/s1. The summed E-state index contributed by atoms with van der Waals surface area (Å²) in [5, 5.41) is 2.80. The maximum absolute atomic E-state index is 12.0. The lowest BCUT2D eigenvalue weighted by molar-refractivity contribution is -0.119. The van der Waals surface area contributed by atoms with Gasteiger partial charge in [-0.2, -0.15) is 0 Å². The molecule has 1 aromatic heterocycles. The fraction of sp³-hybridized carbons (Fsp3) is 0.294. The van der Waals surface area contributed by atoms with Crippen LogP contribution in [0.3, 0.4) is 0 Å². The molecule has 6 heteroatoms. The Morgan fingerprint density at radius 1 is 1.26 bits per heavy atom. The molecule has 1 N–H and O–H groups in total. The molecule has 122 valence electrons. The highest BCUT2D eigenvalue weighted by molar-refractivity contribution is 7.17. The van der Waals surface area contributed by atoms with E-state index in [-0.39, 0.29) is 12.5 Å². The van der Waals surface area contributed by atoms with Crippen LogP contribution in [0, 0.1) is 0 Å². The number of thiophene rings is 1. The number of hydrogen-bond donors (Lipinski definition) is 1. The van der Waals surface area contributed by atoms with Crippen LogP contribution in [0.1, 0.15) is 41.4 Å². The number of carbonyl (C=O) groups is 2. The number of rotatable bonds is 6. The van der Waals surface area contributed by atoms with E-state index in [1.807, 2.05) is 24.3 Å².